The van der Waals surface area contributed by atoms with Crippen LogP contribution >= 0.6 is 0 Å². The van der Waals surface area contributed by atoms with E-state index in [-0.39, 0.29) is 11.7 Å². The molecular formula is C22H30N2O2. The molecule has 0 amide bonds. The lowest BCUT2D eigenvalue weighted by Gasteiger charge is -2.24. The third-order valence-electron chi connectivity index (χ3n) is 5.42. The van der Waals surface area contributed by atoms with Crippen molar-refractivity contribution in [1.29, 1.82) is 0 Å². The number of carbonyl (C=O) groups excluding carboxylic acids is 1. The summed E-state index contributed by atoms with van der Waals surface area (Å²) in [6.45, 7) is 7.63. The zero-order valence-corrected chi connectivity index (χ0v) is 16.3. The Balaban J connectivity index is 1.89. The van der Waals surface area contributed by atoms with Crippen LogP contribution < -0.4 is 4.74 Å². The van der Waals surface area contributed by atoms with E-state index in [2.05, 4.69) is 23.4 Å². The highest BCUT2D eigenvalue weighted by atomic mass is 16.5. The van der Waals surface area contributed by atoms with E-state index in [0.29, 0.717) is 6.54 Å². The number of Topliss-reactive ketones (excluding diaryl/α,β-unsaturated/α-hetero) is 1. The molecule has 140 valence electrons. The van der Waals surface area contributed by atoms with E-state index in [4.69, 9.17) is 4.74 Å². The minimum atomic E-state index is -0.0173. The Morgan fingerprint density at radius 2 is 2.00 bits per heavy atom. The Hall–Kier alpha value is -2.10. The molecule has 4 heteroatoms. The summed E-state index contributed by atoms with van der Waals surface area (Å²) in [5, 5.41) is 0. The van der Waals surface area contributed by atoms with Crippen LogP contribution in [0.2, 0.25) is 0 Å². The van der Waals surface area contributed by atoms with Crippen molar-refractivity contribution in [3.8, 4) is 5.75 Å². The Kier molecular flexibility index (Phi) is 6.12. The van der Waals surface area contributed by atoms with Gasteiger partial charge < -0.3 is 9.30 Å². The number of ketones is 1. The van der Waals surface area contributed by atoms with Gasteiger partial charge in [-0.3, -0.25) is 4.79 Å². The Morgan fingerprint density at radius 1 is 1.23 bits per heavy atom. The first-order valence-corrected chi connectivity index (χ1v) is 9.95. The molecule has 1 unspecified atom stereocenters. The van der Waals surface area contributed by atoms with Crippen LogP contribution in [0.15, 0.2) is 24.5 Å². The van der Waals surface area contributed by atoms with Crippen LogP contribution in [-0.4, -0.2) is 21.9 Å². The summed E-state index contributed by atoms with van der Waals surface area (Å²) in [6.07, 6.45) is 9.93. The third-order valence-corrected chi connectivity index (χ3v) is 5.42. The van der Waals surface area contributed by atoms with Gasteiger partial charge >= 0.3 is 0 Å². The summed E-state index contributed by atoms with van der Waals surface area (Å²) < 4.78 is 8.03. The van der Waals surface area contributed by atoms with E-state index < -0.39 is 0 Å². The number of aryl methyl sites for hydroxylation is 1. The van der Waals surface area contributed by atoms with Crippen LogP contribution in [-0.2, 0) is 19.4 Å². The van der Waals surface area contributed by atoms with E-state index in [1.807, 2.05) is 25.3 Å². The molecule has 2 aromatic rings. The van der Waals surface area contributed by atoms with E-state index in [9.17, 15) is 4.79 Å². The molecule has 0 bridgehead atoms. The molecule has 1 atom stereocenters. The van der Waals surface area contributed by atoms with Crippen LogP contribution in [0.1, 0.15) is 66.8 Å². The van der Waals surface area contributed by atoms with Gasteiger partial charge in [-0.25, -0.2) is 4.98 Å². The van der Waals surface area contributed by atoms with Crippen molar-refractivity contribution in [2.75, 3.05) is 6.61 Å². The SMILES string of the molecule is CCCOc1ccc(C(=O)C(CC)Cn2ccnc2C)c2c1CCCC2. The molecule has 0 N–H and O–H groups in total. The summed E-state index contributed by atoms with van der Waals surface area (Å²) >= 11 is 0. The number of ether oxygens (including phenoxy) is 1. The van der Waals surface area contributed by atoms with Gasteiger partial charge in [0.15, 0.2) is 5.78 Å². The van der Waals surface area contributed by atoms with Gasteiger partial charge in [-0.15, -0.1) is 0 Å². The Labute approximate surface area is 156 Å². The summed E-state index contributed by atoms with van der Waals surface area (Å²) in [7, 11) is 0. The molecule has 3 rings (SSSR count). The number of imidazole rings is 1. The number of hydrogen-bond acceptors (Lipinski definition) is 3. The van der Waals surface area contributed by atoms with Gasteiger partial charge in [0.25, 0.3) is 0 Å². The number of fused-ring (bicyclic) bond motifs is 1. The monoisotopic (exact) mass is 354 g/mol. The summed E-state index contributed by atoms with van der Waals surface area (Å²) in [5.74, 6) is 2.19. The molecule has 4 nitrogen and oxygen atoms in total. The maximum absolute atomic E-state index is 13.3. The fourth-order valence-electron chi connectivity index (χ4n) is 3.86. The van der Waals surface area contributed by atoms with Crippen molar-refractivity contribution in [3.05, 3.63) is 47.0 Å². The molecule has 1 aliphatic carbocycles. The van der Waals surface area contributed by atoms with Gasteiger partial charge in [-0.1, -0.05) is 13.8 Å². The molecule has 0 saturated heterocycles. The number of carbonyl (C=O) groups is 1. The quantitative estimate of drug-likeness (QED) is 0.642. The van der Waals surface area contributed by atoms with Crippen molar-refractivity contribution in [2.24, 2.45) is 5.92 Å². The smallest absolute Gasteiger partial charge is 0.168 e. The van der Waals surface area contributed by atoms with Crippen LogP contribution in [0.4, 0.5) is 0 Å². The number of benzene rings is 1. The highest BCUT2D eigenvalue weighted by molar-refractivity contribution is 5.99. The zero-order chi connectivity index (χ0) is 18.5. The van der Waals surface area contributed by atoms with Gasteiger partial charge in [0.2, 0.25) is 0 Å². The van der Waals surface area contributed by atoms with Gasteiger partial charge in [-0.2, -0.15) is 0 Å². The fourth-order valence-corrected chi connectivity index (χ4v) is 3.86. The zero-order valence-electron chi connectivity index (χ0n) is 16.3. The highest BCUT2D eigenvalue weighted by Gasteiger charge is 2.26. The second-order valence-corrected chi connectivity index (χ2v) is 7.22. The molecule has 1 aromatic heterocycles. The molecule has 26 heavy (non-hydrogen) atoms. The maximum Gasteiger partial charge on any atom is 0.168 e. The number of aromatic nitrogens is 2. The molecular weight excluding hydrogens is 324 g/mol. The Bertz CT molecular complexity index is 763. The lowest BCUT2D eigenvalue weighted by atomic mass is 9.83. The van der Waals surface area contributed by atoms with Crippen LogP contribution in [0, 0.1) is 12.8 Å². The van der Waals surface area contributed by atoms with Crippen LogP contribution in [0.5, 0.6) is 5.75 Å². The van der Waals surface area contributed by atoms with Gasteiger partial charge in [-0.05, 0) is 68.7 Å². The second kappa shape index (κ2) is 8.52. The maximum atomic E-state index is 13.3. The van der Waals surface area contributed by atoms with E-state index >= 15 is 0 Å². The summed E-state index contributed by atoms with van der Waals surface area (Å²) in [6, 6.07) is 4.02. The van der Waals surface area contributed by atoms with Crippen molar-refractivity contribution in [1.82, 2.24) is 9.55 Å². The summed E-state index contributed by atoms with van der Waals surface area (Å²) in [5.41, 5.74) is 3.41. The van der Waals surface area contributed by atoms with Crippen molar-refractivity contribution in [2.45, 2.75) is 65.8 Å². The number of rotatable bonds is 8. The van der Waals surface area contributed by atoms with Gasteiger partial charge in [0.05, 0.1) is 6.61 Å². The Morgan fingerprint density at radius 3 is 2.65 bits per heavy atom. The molecule has 0 aliphatic heterocycles. The number of nitrogens with zero attached hydrogens (tertiary/aromatic N) is 2. The minimum Gasteiger partial charge on any atom is -0.493 e. The van der Waals surface area contributed by atoms with Gasteiger partial charge in [0.1, 0.15) is 11.6 Å². The first-order valence-electron chi connectivity index (χ1n) is 9.95. The van der Waals surface area contributed by atoms with Gasteiger partial charge in [0, 0.05) is 30.4 Å². The van der Waals surface area contributed by atoms with Crippen molar-refractivity contribution >= 4 is 5.78 Å². The molecule has 0 saturated carbocycles. The van der Waals surface area contributed by atoms with Crippen molar-refractivity contribution in [3.63, 3.8) is 0 Å². The normalized spacial score (nSPS) is 14.7. The predicted octanol–water partition coefficient (Wildman–Crippen LogP) is 4.77. The highest BCUT2D eigenvalue weighted by Crippen LogP contribution is 2.34. The second-order valence-electron chi connectivity index (χ2n) is 7.22. The standard InChI is InChI=1S/C22H30N2O2/c1-4-14-26-21-11-10-20(18-8-6-7-9-19(18)21)22(25)17(5-2)15-24-13-12-23-16(24)3/h10-13,17H,4-9,14-15H2,1-3H3. The lowest BCUT2D eigenvalue weighted by molar-refractivity contribution is 0.0901. The van der Waals surface area contributed by atoms with E-state index in [0.717, 1.165) is 55.8 Å². The summed E-state index contributed by atoms with van der Waals surface area (Å²) in [4.78, 5) is 17.6. The topological polar surface area (TPSA) is 44.1 Å². The largest absolute Gasteiger partial charge is 0.493 e. The lowest BCUT2D eigenvalue weighted by Crippen LogP contribution is -2.23. The molecule has 1 heterocycles. The average Bonchev–Trinajstić information content (AvgIpc) is 3.08. The van der Waals surface area contributed by atoms with E-state index in [1.54, 1.807) is 6.20 Å². The van der Waals surface area contributed by atoms with E-state index in [1.165, 1.54) is 17.5 Å². The van der Waals surface area contributed by atoms with Crippen molar-refractivity contribution < 1.29 is 9.53 Å². The molecule has 1 aliphatic rings. The molecule has 0 spiro atoms. The molecule has 1 aromatic carbocycles. The molecule has 0 fully saturated rings. The number of hydrogen-bond donors (Lipinski definition) is 0. The fraction of sp³-hybridized carbons (Fsp3) is 0.545. The first-order chi connectivity index (χ1) is 12.7. The minimum absolute atomic E-state index is 0.0173. The molecule has 0 radical (unpaired) electrons. The first kappa shape index (κ1) is 18.7. The van der Waals surface area contributed by atoms with Crippen LogP contribution in [0.25, 0.3) is 0 Å². The van der Waals surface area contributed by atoms with Crippen LogP contribution in [0.3, 0.4) is 0 Å². The average molecular weight is 354 g/mol. The third kappa shape index (κ3) is 3.84. The predicted molar refractivity (Wildman–Crippen MR) is 104 cm³/mol.